The number of hydrogen-bond donors (Lipinski definition) is 2. The van der Waals surface area contributed by atoms with Gasteiger partial charge in [-0.3, -0.25) is 9.59 Å². The monoisotopic (exact) mass is 428 g/mol. The second-order valence-corrected chi connectivity index (χ2v) is 9.37. The molecule has 2 atom stereocenters. The summed E-state index contributed by atoms with van der Waals surface area (Å²) in [6, 6.07) is 8.67. The van der Waals surface area contributed by atoms with Gasteiger partial charge in [-0.1, -0.05) is 63.4 Å². The molecular weight excluding hydrogens is 392 g/mol. The van der Waals surface area contributed by atoms with E-state index in [9.17, 15) is 14.4 Å². The highest BCUT2D eigenvalue weighted by atomic mass is 16.2. The van der Waals surface area contributed by atoms with Crippen LogP contribution in [-0.2, 0) is 16.1 Å². The van der Waals surface area contributed by atoms with Gasteiger partial charge in [0, 0.05) is 25.6 Å². The molecule has 0 aromatic heterocycles. The summed E-state index contributed by atoms with van der Waals surface area (Å²) in [5.41, 5.74) is 6.57. The third-order valence-electron chi connectivity index (χ3n) is 6.27. The number of urea groups is 1. The molecule has 0 spiro atoms. The molecule has 0 bridgehead atoms. The average Bonchev–Trinajstić information content (AvgIpc) is 2.72. The smallest absolute Gasteiger partial charge is 0.318 e. The average molecular weight is 429 g/mol. The molecule has 1 aliphatic carbocycles. The van der Waals surface area contributed by atoms with Gasteiger partial charge in [0.05, 0.1) is 6.04 Å². The van der Waals surface area contributed by atoms with E-state index in [2.05, 4.69) is 5.32 Å². The lowest BCUT2D eigenvalue weighted by Gasteiger charge is -2.46. The maximum Gasteiger partial charge on any atom is 0.318 e. The zero-order valence-electron chi connectivity index (χ0n) is 18.8. The first-order valence-corrected chi connectivity index (χ1v) is 11.5. The van der Waals surface area contributed by atoms with Crippen molar-refractivity contribution in [2.24, 2.45) is 11.7 Å². The van der Waals surface area contributed by atoms with Crippen LogP contribution >= 0.6 is 0 Å². The van der Waals surface area contributed by atoms with Gasteiger partial charge in [0.15, 0.2) is 0 Å². The van der Waals surface area contributed by atoms with E-state index in [1.807, 2.05) is 44.2 Å². The first-order valence-electron chi connectivity index (χ1n) is 11.5. The lowest BCUT2D eigenvalue weighted by atomic mass is 9.94. The third-order valence-corrected chi connectivity index (χ3v) is 6.27. The molecule has 31 heavy (non-hydrogen) atoms. The summed E-state index contributed by atoms with van der Waals surface area (Å²) in [6.45, 7) is 4.86. The maximum atomic E-state index is 13.5. The van der Waals surface area contributed by atoms with Crippen molar-refractivity contribution >= 4 is 17.8 Å². The quantitative estimate of drug-likeness (QED) is 0.699. The van der Waals surface area contributed by atoms with E-state index in [0.29, 0.717) is 19.5 Å². The number of piperazine rings is 1. The van der Waals surface area contributed by atoms with Crippen LogP contribution < -0.4 is 11.1 Å². The summed E-state index contributed by atoms with van der Waals surface area (Å²) in [4.78, 5) is 42.1. The largest absolute Gasteiger partial charge is 0.370 e. The number of nitrogens with one attached hydrogen (secondary N) is 1. The van der Waals surface area contributed by atoms with Gasteiger partial charge in [0.2, 0.25) is 11.8 Å². The molecule has 1 aromatic carbocycles. The number of nitrogens with zero attached hydrogens (tertiary/aromatic N) is 2. The van der Waals surface area contributed by atoms with Gasteiger partial charge in [0.1, 0.15) is 6.04 Å². The predicted molar refractivity (Wildman–Crippen MR) is 120 cm³/mol. The van der Waals surface area contributed by atoms with Crippen molar-refractivity contribution < 1.29 is 14.4 Å². The number of primary amides is 1. The molecule has 0 unspecified atom stereocenters. The Bertz CT molecular complexity index is 761. The Balaban J connectivity index is 1.84. The minimum Gasteiger partial charge on any atom is -0.370 e. The zero-order chi connectivity index (χ0) is 22.4. The summed E-state index contributed by atoms with van der Waals surface area (Å²) < 4.78 is 0. The second-order valence-electron chi connectivity index (χ2n) is 9.37. The summed E-state index contributed by atoms with van der Waals surface area (Å²) in [5.74, 6) is -0.292. The fourth-order valence-electron chi connectivity index (χ4n) is 4.82. The summed E-state index contributed by atoms with van der Waals surface area (Å²) in [5, 5.41) is 3.14. The van der Waals surface area contributed by atoms with E-state index >= 15 is 0 Å². The van der Waals surface area contributed by atoms with E-state index in [0.717, 1.165) is 31.2 Å². The number of benzene rings is 1. The molecule has 2 fully saturated rings. The lowest BCUT2D eigenvalue weighted by Crippen LogP contribution is -2.66. The molecule has 1 aliphatic heterocycles. The lowest BCUT2D eigenvalue weighted by molar-refractivity contribution is -0.145. The normalized spacial score (nSPS) is 22.6. The van der Waals surface area contributed by atoms with Crippen molar-refractivity contribution in [1.29, 1.82) is 0 Å². The predicted octanol–water partition coefficient (Wildman–Crippen LogP) is 3.03. The number of hydrogen-bond acceptors (Lipinski definition) is 3. The highest BCUT2D eigenvalue weighted by Crippen LogP contribution is 2.27. The van der Waals surface area contributed by atoms with Crippen LogP contribution in [0.2, 0.25) is 0 Å². The van der Waals surface area contributed by atoms with Crippen LogP contribution in [0.4, 0.5) is 4.79 Å². The molecule has 7 heteroatoms. The minimum atomic E-state index is -0.592. The third kappa shape index (κ3) is 6.21. The molecule has 170 valence electrons. The van der Waals surface area contributed by atoms with E-state index in [1.165, 1.54) is 6.42 Å². The molecule has 1 heterocycles. The van der Waals surface area contributed by atoms with Gasteiger partial charge in [-0.15, -0.1) is 0 Å². The topological polar surface area (TPSA) is 95.7 Å². The number of nitrogens with two attached hydrogens (primary N) is 1. The van der Waals surface area contributed by atoms with Crippen LogP contribution in [0.1, 0.15) is 64.4 Å². The Kier molecular flexibility index (Phi) is 7.93. The van der Waals surface area contributed by atoms with E-state index < -0.39 is 18.0 Å². The first-order chi connectivity index (χ1) is 14.8. The molecule has 2 aliphatic rings. The molecule has 1 saturated carbocycles. The highest BCUT2D eigenvalue weighted by molar-refractivity contribution is 5.89. The van der Waals surface area contributed by atoms with Gasteiger partial charge in [-0.2, -0.15) is 0 Å². The highest BCUT2D eigenvalue weighted by Gasteiger charge is 2.44. The van der Waals surface area contributed by atoms with E-state index in [-0.39, 0.29) is 30.3 Å². The van der Waals surface area contributed by atoms with Gasteiger partial charge >= 0.3 is 6.03 Å². The van der Waals surface area contributed by atoms with Gasteiger partial charge in [-0.05, 0) is 30.7 Å². The second kappa shape index (κ2) is 10.6. The number of rotatable bonds is 7. The van der Waals surface area contributed by atoms with Crippen LogP contribution in [0.5, 0.6) is 0 Å². The fraction of sp³-hybridized carbons (Fsp3) is 0.625. The molecule has 4 amide bonds. The van der Waals surface area contributed by atoms with Crippen molar-refractivity contribution in [2.75, 3.05) is 6.54 Å². The van der Waals surface area contributed by atoms with Gasteiger partial charge < -0.3 is 20.9 Å². The van der Waals surface area contributed by atoms with Crippen LogP contribution in [0.15, 0.2) is 30.3 Å². The Morgan fingerprint density at radius 2 is 1.81 bits per heavy atom. The standard InChI is InChI=1S/C24H36N4O3/c1-17(2)13-21-23(30)27(15-18-9-5-3-6-10-18)16-20(14-22(25)29)28(21)24(31)26-19-11-7-4-8-12-19/h3,5-6,9-10,17,19-21H,4,7-8,11-16H2,1-2H3,(H2,25,29)(H,26,31)/t20-,21+/m1/s1. The molecule has 3 rings (SSSR count). The first kappa shape index (κ1) is 23.1. The summed E-state index contributed by atoms with van der Waals surface area (Å²) in [7, 11) is 0. The Hall–Kier alpha value is -2.57. The Morgan fingerprint density at radius 3 is 2.42 bits per heavy atom. The number of carbonyl (C=O) groups is 3. The van der Waals surface area contributed by atoms with Crippen molar-refractivity contribution in [2.45, 2.75) is 83.5 Å². The Morgan fingerprint density at radius 1 is 1.13 bits per heavy atom. The van der Waals surface area contributed by atoms with Crippen molar-refractivity contribution in [1.82, 2.24) is 15.1 Å². The fourth-order valence-corrected chi connectivity index (χ4v) is 4.82. The van der Waals surface area contributed by atoms with E-state index in [4.69, 9.17) is 5.73 Å². The van der Waals surface area contributed by atoms with Gasteiger partial charge in [0.25, 0.3) is 0 Å². The maximum absolute atomic E-state index is 13.5. The minimum absolute atomic E-state index is 0.0469. The number of amides is 4. The summed E-state index contributed by atoms with van der Waals surface area (Å²) >= 11 is 0. The zero-order valence-corrected chi connectivity index (χ0v) is 18.8. The Labute approximate surface area is 185 Å². The van der Waals surface area contributed by atoms with Crippen LogP contribution in [0.25, 0.3) is 0 Å². The number of carbonyl (C=O) groups excluding carboxylic acids is 3. The molecular formula is C24H36N4O3. The summed E-state index contributed by atoms with van der Waals surface area (Å²) in [6.07, 6.45) is 5.93. The molecule has 1 saturated heterocycles. The van der Waals surface area contributed by atoms with Crippen molar-refractivity contribution in [3.8, 4) is 0 Å². The molecule has 0 radical (unpaired) electrons. The van der Waals surface area contributed by atoms with E-state index in [1.54, 1.807) is 9.80 Å². The van der Waals surface area contributed by atoms with Crippen LogP contribution in [0.3, 0.4) is 0 Å². The SMILES string of the molecule is CC(C)C[C@H]1C(=O)N(Cc2ccccc2)C[C@@H](CC(N)=O)N1C(=O)NC1CCCCC1. The van der Waals surface area contributed by atoms with Crippen molar-refractivity contribution in [3.63, 3.8) is 0 Å². The van der Waals surface area contributed by atoms with Gasteiger partial charge in [-0.25, -0.2) is 4.79 Å². The van der Waals surface area contributed by atoms with Crippen molar-refractivity contribution in [3.05, 3.63) is 35.9 Å². The van der Waals surface area contributed by atoms with Crippen LogP contribution in [-0.4, -0.2) is 52.3 Å². The molecule has 7 nitrogen and oxygen atoms in total. The molecule has 3 N–H and O–H groups in total. The molecule has 1 aromatic rings. The van der Waals surface area contributed by atoms with Crippen LogP contribution in [0, 0.1) is 5.92 Å².